The predicted octanol–water partition coefficient (Wildman–Crippen LogP) is 0.912. The largest absolute Gasteiger partial charge is 0.416 e. The average molecular weight is 417 g/mol. The van der Waals surface area contributed by atoms with Gasteiger partial charge in [0.05, 0.1) is 16.6 Å². The Morgan fingerprint density at radius 1 is 1.21 bits per heavy atom. The van der Waals surface area contributed by atoms with Crippen molar-refractivity contribution in [2.75, 3.05) is 0 Å². The molecule has 3 aromatic rings. The lowest BCUT2D eigenvalue weighted by atomic mass is 10.00. The Balaban J connectivity index is 2.24. The minimum absolute atomic E-state index is 0.0416. The van der Waals surface area contributed by atoms with Crippen molar-refractivity contribution < 1.29 is 27.5 Å². The highest BCUT2D eigenvalue weighted by molar-refractivity contribution is 7.51. The van der Waals surface area contributed by atoms with E-state index in [1.54, 1.807) is 0 Å². The zero-order chi connectivity index (χ0) is 20.4. The number of aryl methyl sites for hydroxylation is 1. The lowest BCUT2D eigenvalue weighted by Crippen LogP contribution is -2.44. The van der Waals surface area contributed by atoms with Crippen molar-refractivity contribution >= 4 is 18.6 Å². The van der Waals surface area contributed by atoms with Crippen molar-refractivity contribution in [3.8, 4) is 5.95 Å². The molecule has 28 heavy (non-hydrogen) atoms. The molecular formula is C14H11F3N5O5P. The molecule has 1 atom stereocenters. The molecule has 0 spiro atoms. The van der Waals surface area contributed by atoms with Gasteiger partial charge in [-0.25, -0.2) is 9.67 Å². The van der Waals surface area contributed by atoms with Gasteiger partial charge in [-0.3, -0.25) is 18.7 Å². The molecular weight excluding hydrogens is 406 g/mol. The zero-order valence-electron chi connectivity index (χ0n) is 13.7. The van der Waals surface area contributed by atoms with Gasteiger partial charge in [-0.15, -0.1) is 0 Å². The molecule has 0 amide bonds. The number of aromatic amines is 1. The Bertz CT molecular complexity index is 1260. The molecule has 0 radical (unpaired) electrons. The molecule has 0 bridgehead atoms. The Labute approximate surface area is 152 Å². The third-order valence-electron chi connectivity index (χ3n) is 4.55. The average Bonchev–Trinajstić information content (AvgIpc) is 3.11. The van der Waals surface area contributed by atoms with Gasteiger partial charge in [0.1, 0.15) is 12.1 Å². The zero-order valence-corrected chi connectivity index (χ0v) is 14.6. The Morgan fingerprint density at radius 2 is 1.93 bits per heavy atom. The number of nitrogens with zero attached hydrogens (tertiary/aromatic N) is 4. The first-order valence-corrected chi connectivity index (χ1v) is 9.50. The van der Waals surface area contributed by atoms with Crippen LogP contribution in [-0.2, 0) is 17.2 Å². The van der Waals surface area contributed by atoms with E-state index in [1.165, 1.54) is 0 Å². The lowest BCUT2D eigenvalue weighted by Gasteiger charge is -2.29. The SMILES string of the molecule is O=c1c(=O)n2c3c(cc(C(F)(F)F)cc3n1-c1ncn[nH]1)CCC2P(=O)(O)O. The van der Waals surface area contributed by atoms with E-state index in [2.05, 4.69) is 15.2 Å². The van der Waals surface area contributed by atoms with Gasteiger partial charge >= 0.3 is 24.9 Å². The van der Waals surface area contributed by atoms with E-state index in [0.29, 0.717) is 15.2 Å². The van der Waals surface area contributed by atoms with Crippen molar-refractivity contribution in [1.29, 1.82) is 0 Å². The summed E-state index contributed by atoms with van der Waals surface area (Å²) >= 11 is 0. The molecule has 2 aromatic heterocycles. The summed E-state index contributed by atoms with van der Waals surface area (Å²) in [6.45, 7) is 0. The van der Waals surface area contributed by atoms with Crippen LogP contribution in [0.25, 0.3) is 17.0 Å². The normalized spacial score (nSPS) is 17.2. The minimum Gasteiger partial charge on any atom is -0.323 e. The van der Waals surface area contributed by atoms with E-state index in [1.807, 2.05) is 0 Å². The summed E-state index contributed by atoms with van der Waals surface area (Å²) in [6, 6.07) is 1.45. The van der Waals surface area contributed by atoms with E-state index < -0.39 is 36.2 Å². The topological polar surface area (TPSA) is 143 Å². The Morgan fingerprint density at radius 3 is 2.50 bits per heavy atom. The number of halogens is 3. The van der Waals surface area contributed by atoms with Gasteiger partial charge in [0.25, 0.3) is 0 Å². The molecule has 1 aromatic carbocycles. The second kappa shape index (κ2) is 5.87. The first-order valence-electron chi connectivity index (χ1n) is 7.82. The van der Waals surface area contributed by atoms with Crippen LogP contribution < -0.4 is 11.1 Å². The molecule has 4 rings (SSSR count). The fraction of sp³-hybridized carbons (Fsp3) is 0.286. The third kappa shape index (κ3) is 2.70. The highest BCUT2D eigenvalue weighted by Gasteiger charge is 2.39. The van der Waals surface area contributed by atoms with Crippen LogP contribution in [0.2, 0.25) is 0 Å². The van der Waals surface area contributed by atoms with Crippen LogP contribution in [0.3, 0.4) is 0 Å². The number of aromatic nitrogens is 5. The fourth-order valence-electron chi connectivity index (χ4n) is 3.42. The summed E-state index contributed by atoms with van der Waals surface area (Å²) in [5.74, 6) is -1.94. The van der Waals surface area contributed by atoms with E-state index in [4.69, 9.17) is 0 Å². The maximum Gasteiger partial charge on any atom is 0.416 e. The Kier molecular flexibility index (Phi) is 3.90. The maximum absolute atomic E-state index is 13.4. The van der Waals surface area contributed by atoms with Crippen LogP contribution in [-0.4, -0.2) is 34.1 Å². The van der Waals surface area contributed by atoms with Crippen LogP contribution in [0.1, 0.15) is 23.3 Å². The molecule has 3 N–H and O–H groups in total. The van der Waals surface area contributed by atoms with Gasteiger partial charge in [-0.05, 0) is 30.5 Å². The molecule has 3 heterocycles. The van der Waals surface area contributed by atoms with Crippen LogP contribution >= 0.6 is 7.60 Å². The van der Waals surface area contributed by atoms with Gasteiger partial charge in [-0.2, -0.15) is 23.3 Å². The van der Waals surface area contributed by atoms with Crippen LogP contribution in [0.5, 0.6) is 0 Å². The number of hydrogen-bond donors (Lipinski definition) is 3. The number of nitrogens with one attached hydrogen (secondary N) is 1. The molecule has 1 unspecified atom stereocenters. The molecule has 0 saturated carbocycles. The highest BCUT2D eigenvalue weighted by atomic mass is 31.2. The number of alkyl halides is 3. The number of rotatable bonds is 2. The van der Waals surface area contributed by atoms with Gasteiger partial charge in [0.2, 0.25) is 5.95 Å². The third-order valence-corrected chi connectivity index (χ3v) is 5.82. The van der Waals surface area contributed by atoms with Gasteiger partial charge in [0.15, 0.2) is 0 Å². The molecule has 1 aliphatic heterocycles. The van der Waals surface area contributed by atoms with Gasteiger partial charge in [0, 0.05) is 0 Å². The first-order chi connectivity index (χ1) is 13.0. The summed E-state index contributed by atoms with van der Waals surface area (Å²) in [5, 5.41) is 5.84. The molecule has 0 saturated heterocycles. The minimum atomic E-state index is -4.87. The van der Waals surface area contributed by atoms with Crippen molar-refractivity contribution in [2.45, 2.75) is 24.8 Å². The standard InChI is InChI=1S/C14H11F3N5O5P/c15-14(16,17)7-3-6-1-2-9(28(25,26)27)22-10(6)8(4-7)21(11(23)12(22)24)13-18-5-19-20-13/h3-5,9H,1-2H2,(H,18,19,20)(H2,25,26,27). The van der Waals surface area contributed by atoms with Crippen molar-refractivity contribution in [3.05, 3.63) is 50.3 Å². The first kappa shape index (κ1) is 18.6. The maximum atomic E-state index is 13.4. The molecule has 1 aliphatic rings. The number of hydrogen-bond acceptors (Lipinski definition) is 5. The smallest absolute Gasteiger partial charge is 0.323 e. The van der Waals surface area contributed by atoms with Crippen LogP contribution in [0.15, 0.2) is 28.0 Å². The van der Waals surface area contributed by atoms with Crippen molar-refractivity contribution in [3.63, 3.8) is 0 Å². The van der Waals surface area contributed by atoms with E-state index >= 15 is 0 Å². The summed E-state index contributed by atoms with van der Waals surface area (Å²) in [4.78, 5) is 48.2. The fourth-order valence-corrected chi connectivity index (χ4v) is 4.41. The number of H-pyrrole nitrogens is 1. The molecule has 0 fully saturated rings. The van der Waals surface area contributed by atoms with Crippen molar-refractivity contribution in [2.24, 2.45) is 0 Å². The second-order valence-corrected chi connectivity index (χ2v) is 8.01. The molecule has 10 nitrogen and oxygen atoms in total. The lowest BCUT2D eigenvalue weighted by molar-refractivity contribution is -0.137. The summed E-state index contributed by atoms with van der Waals surface area (Å²) in [6.07, 6.45) is -4.16. The molecule has 148 valence electrons. The molecule has 14 heteroatoms. The van der Waals surface area contributed by atoms with E-state index in [-0.39, 0.29) is 35.4 Å². The number of benzene rings is 1. The van der Waals surface area contributed by atoms with Crippen molar-refractivity contribution in [1.82, 2.24) is 24.3 Å². The summed E-state index contributed by atoms with van der Waals surface area (Å²) < 4.78 is 53.1. The summed E-state index contributed by atoms with van der Waals surface area (Å²) in [7, 11) is -4.87. The van der Waals surface area contributed by atoms with Gasteiger partial charge < -0.3 is 9.79 Å². The molecule has 0 aliphatic carbocycles. The van der Waals surface area contributed by atoms with Crippen LogP contribution in [0, 0.1) is 0 Å². The monoisotopic (exact) mass is 417 g/mol. The predicted molar refractivity (Wildman–Crippen MR) is 88.1 cm³/mol. The van der Waals surface area contributed by atoms with Gasteiger partial charge in [-0.1, -0.05) is 0 Å². The second-order valence-electron chi connectivity index (χ2n) is 6.23. The quantitative estimate of drug-likeness (QED) is 0.415. The van der Waals surface area contributed by atoms with Crippen LogP contribution in [0.4, 0.5) is 13.2 Å². The van der Waals surface area contributed by atoms with E-state index in [9.17, 15) is 37.1 Å². The summed E-state index contributed by atoms with van der Waals surface area (Å²) in [5.41, 5.74) is -4.13. The Hall–Kier alpha value is -2.76. The highest BCUT2D eigenvalue weighted by Crippen LogP contribution is 2.53. The van der Waals surface area contributed by atoms with E-state index in [0.717, 1.165) is 12.4 Å².